The summed E-state index contributed by atoms with van der Waals surface area (Å²) in [7, 11) is 2.12. The Kier molecular flexibility index (Phi) is 4.06. The van der Waals surface area contributed by atoms with Crippen molar-refractivity contribution >= 4 is 22.1 Å². The summed E-state index contributed by atoms with van der Waals surface area (Å²) in [5, 5.41) is 2.26. The van der Waals surface area contributed by atoms with Crippen LogP contribution in [0.4, 0.5) is 0 Å². The average Bonchev–Trinajstić information content (AvgIpc) is 2.94. The molecule has 0 aliphatic rings. The molecule has 0 aliphatic carbocycles. The van der Waals surface area contributed by atoms with Crippen molar-refractivity contribution in [2.24, 2.45) is 7.05 Å². The highest BCUT2D eigenvalue weighted by Gasteiger charge is 2.23. The fraction of sp³-hybridized carbons (Fsp3) is 0.333. The van der Waals surface area contributed by atoms with E-state index in [0.29, 0.717) is 5.92 Å². The van der Waals surface area contributed by atoms with Crippen molar-refractivity contribution in [3.05, 3.63) is 58.4 Å². The molecule has 0 atom stereocenters. The first-order valence-electron chi connectivity index (χ1n) is 9.58. The highest BCUT2D eigenvalue weighted by Crippen LogP contribution is 2.38. The molecule has 0 radical (unpaired) electrons. The first-order chi connectivity index (χ1) is 12.8. The van der Waals surface area contributed by atoms with Crippen LogP contribution in [0.2, 0.25) is 0 Å². The van der Waals surface area contributed by atoms with Crippen LogP contribution in [0.5, 0.6) is 0 Å². The van der Waals surface area contributed by atoms with Crippen LogP contribution in [-0.2, 0) is 7.05 Å². The number of aryl methyl sites for hydroxylation is 5. The standard InChI is InChI=1S/C24H27N2O/c1-13(2)19-12-26(7)20(11-15(19)4)22-14(3)8-9-18-21-16(5)10-17(6)25-24(21)27-23(18)22/h8-13H,1-7H3/q+1. The summed E-state index contributed by atoms with van der Waals surface area (Å²) in [6, 6.07) is 8.77. The third-order valence-electron chi connectivity index (χ3n) is 5.55. The molecule has 138 valence electrons. The van der Waals surface area contributed by atoms with E-state index >= 15 is 0 Å². The molecular formula is C24H27N2O+. The van der Waals surface area contributed by atoms with Crippen LogP contribution in [0.25, 0.3) is 33.3 Å². The van der Waals surface area contributed by atoms with Crippen LogP contribution in [0.15, 0.2) is 34.9 Å². The Balaban J connectivity index is 2.10. The summed E-state index contributed by atoms with van der Waals surface area (Å²) in [5.41, 5.74) is 10.1. The lowest BCUT2D eigenvalue weighted by atomic mass is 9.95. The van der Waals surface area contributed by atoms with Crippen molar-refractivity contribution in [1.82, 2.24) is 4.98 Å². The van der Waals surface area contributed by atoms with E-state index in [0.717, 1.165) is 33.3 Å². The number of nitrogens with zero attached hydrogens (tertiary/aromatic N) is 2. The van der Waals surface area contributed by atoms with Crippen molar-refractivity contribution in [1.29, 1.82) is 0 Å². The van der Waals surface area contributed by atoms with Gasteiger partial charge in [0.25, 0.3) is 0 Å². The Labute approximate surface area is 160 Å². The van der Waals surface area contributed by atoms with Crippen molar-refractivity contribution in [3.8, 4) is 11.3 Å². The van der Waals surface area contributed by atoms with Gasteiger partial charge in [-0.05, 0) is 56.4 Å². The maximum atomic E-state index is 6.33. The molecule has 3 nitrogen and oxygen atoms in total. The van der Waals surface area contributed by atoms with Crippen LogP contribution in [0.1, 0.15) is 47.7 Å². The molecule has 3 heterocycles. The summed E-state index contributed by atoms with van der Waals surface area (Å²) >= 11 is 0. The van der Waals surface area contributed by atoms with Gasteiger partial charge in [0.1, 0.15) is 7.05 Å². The van der Waals surface area contributed by atoms with Gasteiger partial charge in [0, 0.05) is 22.7 Å². The molecule has 0 bridgehead atoms. The zero-order chi connectivity index (χ0) is 19.5. The molecule has 0 N–H and O–H groups in total. The maximum Gasteiger partial charge on any atom is 0.227 e. The fourth-order valence-electron chi connectivity index (χ4n) is 4.23. The van der Waals surface area contributed by atoms with Crippen LogP contribution in [-0.4, -0.2) is 4.98 Å². The zero-order valence-electron chi connectivity index (χ0n) is 17.3. The number of hydrogen-bond acceptors (Lipinski definition) is 2. The van der Waals surface area contributed by atoms with Gasteiger partial charge in [-0.15, -0.1) is 0 Å². The zero-order valence-corrected chi connectivity index (χ0v) is 17.3. The largest absolute Gasteiger partial charge is 0.437 e. The molecule has 4 aromatic rings. The molecule has 0 saturated carbocycles. The number of hydrogen-bond donors (Lipinski definition) is 0. The van der Waals surface area contributed by atoms with Gasteiger partial charge in [0.15, 0.2) is 11.8 Å². The van der Waals surface area contributed by atoms with E-state index in [-0.39, 0.29) is 0 Å². The first-order valence-corrected chi connectivity index (χ1v) is 9.58. The Hall–Kier alpha value is -2.68. The number of benzene rings is 1. The van der Waals surface area contributed by atoms with E-state index in [1.54, 1.807) is 0 Å². The van der Waals surface area contributed by atoms with Crippen molar-refractivity contribution in [2.75, 3.05) is 0 Å². The number of furan rings is 1. The molecule has 0 amide bonds. The van der Waals surface area contributed by atoms with Crippen LogP contribution in [0.3, 0.4) is 0 Å². The summed E-state index contributed by atoms with van der Waals surface area (Å²) < 4.78 is 8.55. The van der Waals surface area contributed by atoms with Crippen LogP contribution < -0.4 is 4.57 Å². The number of rotatable bonds is 2. The molecule has 0 unspecified atom stereocenters. The molecule has 0 spiro atoms. The Morgan fingerprint density at radius 3 is 2.41 bits per heavy atom. The quantitative estimate of drug-likeness (QED) is 0.422. The van der Waals surface area contributed by atoms with E-state index in [1.807, 2.05) is 6.92 Å². The lowest BCUT2D eigenvalue weighted by molar-refractivity contribution is -0.660. The second kappa shape index (κ2) is 6.19. The highest BCUT2D eigenvalue weighted by atomic mass is 16.3. The minimum absolute atomic E-state index is 0.503. The predicted molar refractivity (Wildman–Crippen MR) is 111 cm³/mol. The topological polar surface area (TPSA) is 29.9 Å². The molecule has 0 saturated heterocycles. The van der Waals surface area contributed by atoms with Gasteiger partial charge >= 0.3 is 0 Å². The molecule has 0 fully saturated rings. The second-order valence-corrected chi connectivity index (χ2v) is 8.06. The SMILES string of the molecule is Cc1cc(C)c2c(n1)oc1c(-c3cc(C)c(C(C)C)c[n+]3C)c(C)ccc12. The van der Waals surface area contributed by atoms with Gasteiger partial charge in [-0.2, -0.15) is 0 Å². The van der Waals surface area contributed by atoms with Crippen LogP contribution >= 0.6 is 0 Å². The summed E-state index contributed by atoms with van der Waals surface area (Å²) in [6.07, 6.45) is 2.25. The van der Waals surface area contributed by atoms with Gasteiger partial charge in [-0.1, -0.05) is 26.0 Å². The first kappa shape index (κ1) is 17.7. The monoisotopic (exact) mass is 359 g/mol. The van der Waals surface area contributed by atoms with Gasteiger partial charge < -0.3 is 4.42 Å². The molecule has 3 aromatic heterocycles. The lowest BCUT2D eigenvalue weighted by Gasteiger charge is -2.11. The van der Waals surface area contributed by atoms with E-state index in [1.165, 1.54) is 27.9 Å². The van der Waals surface area contributed by atoms with Gasteiger partial charge in [0.2, 0.25) is 11.4 Å². The van der Waals surface area contributed by atoms with E-state index in [4.69, 9.17) is 4.42 Å². The minimum atomic E-state index is 0.503. The Bertz CT molecular complexity index is 1200. The molecule has 4 rings (SSSR count). The molecule has 27 heavy (non-hydrogen) atoms. The van der Waals surface area contributed by atoms with Crippen molar-refractivity contribution < 1.29 is 8.98 Å². The van der Waals surface area contributed by atoms with E-state index in [9.17, 15) is 0 Å². The van der Waals surface area contributed by atoms with Crippen LogP contribution in [0, 0.1) is 27.7 Å². The smallest absolute Gasteiger partial charge is 0.227 e. The van der Waals surface area contributed by atoms with E-state index in [2.05, 4.69) is 81.7 Å². The van der Waals surface area contributed by atoms with Crippen molar-refractivity contribution in [2.45, 2.75) is 47.5 Å². The van der Waals surface area contributed by atoms with Gasteiger partial charge in [0.05, 0.1) is 10.9 Å². The van der Waals surface area contributed by atoms with Crippen molar-refractivity contribution in [3.63, 3.8) is 0 Å². The van der Waals surface area contributed by atoms with Gasteiger partial charge in [-0.3, -0.25) is 0 Å². The third kappa shape index (κ3) is 2.73. The third-order valence-corrected chi connectivity index (χ3v) is 5.55. The highest BCUT2D eigenvalue weighted by molar-refractivity contribution is 6.10. The lowest BCUT2D eigenvalue weighted by Crippen LogP contribution is -2.32. The maximum absolute atomic E-state index is 6.33. The molecule has 1 aromatic carbocycles. The summed E-state index contributed by atoms with van der Waals surface area (Å²) in [4.78, 5) is 4.64. The number of pyridine rings is 2. The predicted octanol–water partition coefficient (Wildman–Crippen LogP) is 5.83. The summed E-state index contributed by atoms with van der Waals surface area (Å²) in [6.45, 7) is 13.0. The molecule has 3 heteroatoms. The Morgan fingerprint density at radius 1 is 0.963 bits per heavy atom. The molecule has 0 aliphatic heterocycles. The molecular weight excluding hydrogens is 332 g/mol. The van der Waals surface area contributed by atoms with Gasteiger partial charge in [-0.25, -0.2) is 9.55 Å². The Morgan fingerprint density at radius 2 is 1.70 bits per heavy atom. The fourth-order valence-corrected chi connectivity index (χ4v) is 4.23. The average molecular weight is 359 g/mol. The second-order valence-electron chi connectivity index (χ2n) is 8.06. The normalized spacial score (nSPS) is 11.9. The number of fused-ring (bicyclic) bond motifs is 3. The minimum Gasteiger partial charge on any atom is -0.437 e. The number of aromatic nitrogens is 2. The summed E-state index contributed by atoms with van der Waals surface area (Å²) in [5.74, 6) is 0.503. The van der Waals surface area contributed by atoms with E-state index < -0.39 is 0 Å².